The molecule has 7 heteroatoms. The van der Waals surface area contributed by atoms with Gasteiger partial charge >= 0.3 is 0 Å². The highest BCUT2D eigenvalue weighted by Gasteiger charge is 2.13. The summed E-state index contributed by atoms with van der Waals surface area (Å²) in [5, 5.41) is 3.58. The van der Waals surface area contributed by atoms with E-state index in [-0.39, 0.29) is 11.0 Å². The summed E-state index contributed by atoms with van der Waals surface area (Å²) in [4.78, 5) is 17.5. The Hall–Kier alpha value is -1.76. The summed E-state index contributed by atoms with van der Waals surface area (Å²) in [6.45, 7) is 0.663. The number of halogens is 1. The topological polar surface area (TPSA) is 72.8 Å². The molecule has 0 unspecified atom stereocenters. The van der Waals surface area contributed by atoms with Crippen LogP contribution < -0.4 is 5.56 Å². The van der Waals surface area contributed by atoms with Gasteiger partial charge in [0.25, 0.3) is 11.5 Å². The highest BCUT2D eigenvalue weighted by molar-refractivity contribution is 5.73. The number of fused-ring (bicyclic) bond motifs is 1. The SMILES string of the molecule is COCCn1nc(F)c2nc[nH]c(=O)c21. The molecule has 80 valence electrons. The molecular weight excluding hydrogens is 203 g/mol. The van der Waals surface area contributed by atoms with Crippen LogP contribution in [0.25, 0.3) is 11.0 Å². The average molecular weight is 212 g/mol. The van der Waals surface area contributed by atoms with Crippen molar-refractivity contribution in [2.24, 2.45) is 0 Å². The van der Waals surface area contributed by atoms with Crippen molar-refractivity contribution >= 4 is 11.0 Å². The molecule has 0 amide bonds. The normalized spacial score (nSPS) is 11.1. The molecule has 2 rings (SSSR count). The molecule has 0 aliphatic carbocycles. The average Bonchev–Trinajstić information content (AvgIpc) is 2.55. The molecule has 15 heavy (non-hydrogen) atoms. The van der Waals surface area contributed by atoms with E-state index >= 15 is 0 Å². The van der Waals surface area contributed by atoms with E-state index in [4.69, 9.17) is 4.74 Å². The fraction of sp³-hybridized carbons (Fsp3) is 0.375. The van der Waals surface area contributed by atoms with Crippen LogP contribution in [0.2, 0.25) is 0 Å². The van der Waals surface area contributed by atoms with Crippen LogP contribution in [0.3, 0.4) is 0 Å². The van der Waals surface area contributed by atoms with Crippen molar-refractivity contribution in [2.75, 3.05) is 13.7 Å². The van der Waals surface area contributed by atoms with Crippen LogP contribution in [0.15, 0.2) is 11.1 Å². The molecule has 2 aromatic heterocycles. The molecular formula is C8H9FN4O2. The van der Waals surface area contributed by atoms with Gasteiger partial charge in [-0.25, -0.2) is 4.98 Å². The predicted octanol–water partition coefficient (Wildman–Crippen LogP) is -0.0949. The number of aromatic nitrogens is 4. The number of nitrogens with zero attached hydrogens (tertiary/aromatic N) is 3. The molecule has 0 atom stereocenters. The van der Waals surface area contributed by atoms with E-state index in [1.165, 1.54) is 11.8 Å². The van der Waals surface area contributed by atoms with Gasteiger partial charge in [0.1, 0.15) is 0 Å². The monoisotopic (exact) mass is 212 g/mol. The van der Waals surface area contributed by atoms with Crippen molar-refractivity contribution in [3.63, 3.8) is 0 Å². The Bertz CT molecular complexity index is 533. The Balaban J connectivity index is 2.60. The molecule has 1 N–H and O–H groups in total. The molecule has 0 saturated heterocycles. The Kier molecular flexibility index (Phi) is 2.46. The summed E-state index contributed by atoms with van der Waals surface area (Å²) in [7, 11) is 1.52. The van der Waals surface area contributed by atoms with E-state index in [0.717, 1.165) is 6.33 Å². The molecule has 0 aliphatic heterocycles. The largest absolute Gasteiger partial charge is 0.383 e. The minimum Gasteiger partial charge on any atom is -0.383 e. The van der Waals surface area contributed by atoms with E-state index in [1.54, 1.807) is 0 Å². The number of rotatable bonds is 3. The fourth-order valence-corrected chi connectivity index (χ4v) is 1.33. The molecule has 6 nitrogen and oxygen atoms in total. The van der Waals surface area contributed by atoms with Crippen LogP contribution in [0.5, 0.6) is 0 Å². The molecule has 2 heterocycles. The molecule has 0 aliphatic rings. The fourth-order valence-electron chi connectivity index (χ4n) is 1.33. The van der Waals surface area contributed by atoms with Gasteiger partial charge in [-0.05, 0) is 0 Å². The Labute approximate surface area is 83.7 Å². The predicted molar refractivity (Wildman–Crippen MR) is 50.0 cm³/mol. The molecule has 0 aromatic carbocycles. The lowest BCUT2D eigenvalue weighted by molar-refractivity contribution is 0.184. The Morgan fingerprint density at radius 1 is 1.67 bits per heavy atom. The Morgan fingerprint density at radius 2 is 2.47 bits per heavy atom. The van der Waals surface area contributed by atoms with Crippen LogP contribution in [-0.2, 0) is 11.3 Å². The number of ether oxygens (including phenoxy) is 1. The number of hydrogen-bond donors (Lipinski definition) is 1. The molecule has 0 radical (unpaired) electrons. The van der Waals surface area contributed by atoms with Gasteiger partial charge in [0.05, 0.1) is 19.5 Å². The summed E-state index contributed by atoms with van der Waals surface area (Å²) >= 11 is 0. The van der Waals surface area contributed by atoms with Crippen molar-refractivity contribution in [2.45, 2.75) is 6.54 Å². The Morgan fingerprint density at radius 3 is 3.20 bits per heavy atom. The number of hydrogen-bond acceptors (Lipinski definition) is 4. The van der Waals surface area contributed by atoms with Gasteiger partial charge in [-0.1, -0.05) is 0 Å². The lowest BCUT2D eigenvalue weighted by atomic mass is 10.4. The van der Waals surface area contributed by atoms with Gasteiger partial charge in [-0.3, -0.25) is 9.48 Å². The van der Waals surface area contributed by atoms with E-state index < -0.39 is 11.5 Å². The van der Waals surface area contributed by atoms with Crippen LogP contribution in [0.1, 0.15) is 0 Å². The van der Waals surface area contributed by atoms with Gasteiger partial charge in [0, 0.05) is 7.11 Å². The summed E-state index contributed by atoms with van der Waals surface area (Å²) in [5.41, 5.74) is -0.297. The summed E-state index contributed by atoms with van der Waals surface area (Å²) in [5.74, 6) is -0.743. The van der Waals surface area contributed by atoms with Gasteiger partial charge in [-0.15, -0.1) is 5.10 Å². The highest BCUT2D eigenvalue weighted by Crippen LogP contribution is 2.09. The van der Waals surface area contributed by atoms with Crippen molar-refractivity contribution in [3.05, 3.63) is 22.6 Å². The minimum atomic E-state index is -0.743. The van der Waals surface area contributed by atoms with Gasteiger partial charge in [0.2, 0.25) is 0 Å². The van der Waals surface area contributed by atoms with E-state index in [0.29, 0.717) is 13.2 Å². The number of H-pyrrole nitrogens is 1. The quantitative estimate of drug-likeness (QED) is 0.771. The molecule has 0 fully saturated rings. The third-order valence-electron chi connectivity index (χ3n) is 2.00. The van der Waals surface area contributed by atoms with Crippen molar-refractivity contribution in [1.29, 1.82) is 0 Å². The molecule has 0 spiro atoms. The minimum absolute atomic E-state index is 0.0187. The third kappa shape index (κ3) is 1.61. The molecule has 0 saturated carbocycles. The van der Waals surface area contributed by atoms with Gasteiger partial charge in [0.15, 0.2) is 11.0 Å². The van der Waals surface area contributed by atoms with Crippen molar-refractivity contribution < 1.29 is 9.13 Å². The summed E-state index contributed by atoms with van der Waals surface area (Å²) in [6.07, 6.45) is 1.15. The van der Waals surface area contributed by atoms with Crippen molar-refractivity contribution in [1.82, 2.24) is 19.7 Å². The summed E-state index contributed by atoms with van der Waals surface area (Å²) < 4.78 is 19.3. The maximum Gasteiger partial charge on any atom is 0.277 e. The highest BCUT2D eigenvalue weighted by atomic mass is 19.1. The zero-order valence-corrected chi connectivity index (χ0v) is 8.03. The van der Waals surface area contributed by atoms with Crippen LogP contribution in [0.4, 0.5) is 4.39 Å². The number of nitrogens with one attached hydrogen (secondary N) is 1. The zero-order chi connectivity index (χ0) is 10.8. The lowest BCUT2D eigenvalue weighted by Crippen LogP contribution is -2.14. The van der Waals surface area contributed by atoms with E-state index in [9.17, 15) is 9.18 Å². The van der Waals surface area contributed by atoms with Crippen LogP contribution >= 0.6 is 0 Å². The first-order chi connectivity index (χ1) is 7.24. The van der Waals surface area contributed by atoms with Gasteiger partial charge < -0.3 is 9.72 Å². The second-order valence-corrected chi connectivity index (χ2v) is 2.94. The second kappa shape index (κ2) is 3.77. The number of methoxy groups -OCH3 is 1. The van der Waals surface area contributed by atoms with Crippen LogP contribution in [-0.4, -0.2) is 33.5 Å². The maximum atomic E-state index is 13.2. The zero-order valence-electron chi connectivity index (χ0n) is 8.03. The molecule has 0 bridgehead atoms. The number of aromatic amines is 1. The third-order valence-corrected chi connectivity index (χ3v) is 2.00. The molecule has 2 aromatic rings. The van der Waals surface area contributed by atoms with Crippen LogP contribution in [0, 0.1) is 5.95 Å². The second-order valence-electron chi connectivity index (χ2n) is 2.94. The van der Waals surface area contributed by atoms with E-state index in [2.05, 4.69) is 15.1 Å². The first kappa shape index (κ1) is 9.78. The lowest BCUT2D eigenvalue weighted by Gasteiger charge is -1.99. The first-order valence-electron chi connectivity index (χ1n) is 4.32. The first-order valence-corrected chi connectivity index (χ1v) is 4.32. The summed E-state index contributed by atoms with van der Waals surface area (Å²) in [6, 6.07) is 0. The van der Waals surface area contributed by atoms with E-state index in [1.807, 2.05) is 0 Å². The van der Waals surface area contributed by atoms with Crippen molar-refractivity contribution in [3.8, 4) is 0 Å². The standard InChI is InChI=1S/C8H9FN4O2/c1-15-3-2-13-6-5(7(9)12-13)10-4-11-8(6)14/h4H,2-3H2,1H3,(H,10,11,14). The van der Waals surface area contributed by atoms with Gasteiger partial charge in [-0.2, -0.15) is 4.39 Å². The maximum absolute atomic E-state index is 13.2. The smallest absolute Gasteiger partial charge is 0.277 e.